The van der Waals surface area contributed by atoms with Crippen molar-refractivity contribution in [2.24, 2.45) is 0 Å². The molecule has 110 valence electrons. The second-order valence-electron chi connectivity index (χ2n) is 5.56. The van der Waals surface area contributed by atoms with Crippen LogP contribution in [0.1, 0.15) is 24.3 Å². The van der Waals surface area contributed by atoms with Crippen LogP contribution in [0.5, 0.6) is 0 Å². The fraction of sp³-hybridized carbons (Fsp3) is 0.294. The molecule has 1 aromatic carbocycles. The van der Waals surface area contributed by atoms with E-state index < -0.39 is 0 Å². The zero-order valence-electron chi connectivity index (χ0n) is 12.3. The highest BCUT2D eigenvalue weighted by molar-refractivity contribution is 9.10. The fourth-order valence-corrected chi connectivity index (χ4v) is 3.95. The molecule has 0 atom stereocenters. The minimum atomic E-state index is 0.505. The van der Waals surface area contributed by atoms with Crippen molar-refractivity contribution in [1.82, 2.24) is 9.88 Å². The average Bonchev–Trinajstić information content (AvgIpc) is 3.04. The molecule has 2 nitrogen and oxygen atoms in total. The minimum absolute atomic E-state index is 0.505. The molecule has 0 bridgehead atoms. The van der Waals surface area contributed by atoms with Crippen molar-refractivity contribution in [3.8, 4) is 0 Å². The predicted molar refractivity (Wildman–Crippen MR) is 95.0 cm³/mol. The van der Waals surface area contributed by atoms with Gasteiger partial charge < -0.3 is 9.88 Å². The Hall–Kier alpha value is -1.10. The molecular formula is C17H19BrN2S. The SMILES string of the molecule is CC(C)NCc1cccc2c1ccn2Cc1cc(Br)cs1. The lowest BCUT2D eigenvalue weighted by atomic mass is 10.1. The van der Waals surface area contributed by atoms with Crippen molar-refractivity contribution in [2.45, 2.75) is 33.0 Å². The highest BCUT2D eigenvalue weighted by atomic mass is 79.9. The highest BCUT2D eigenvalue weighted by Gasteiger charge is 2.07. The Morgan fingerprint density at radius 1 is 1.29 bits per heavy atom. The normalized spacial score (nSPS) is 11.6. The zero-order chi connectivity index (χ0) is 14.8. The van der Waals surface area contributed by atoms with E-state index in [1.165, 1.54) is 25.8 Å². The molecule has 4 heteroatoms. The van der Waals surface area contributed by atoms with Crippen molar-refractivity contribution in [1.29, 1.82) is 0 Å². The average molecular weight is 363 g/mol. The molecule has 0 aliphatic rings. The topological polar surface area (TPSA) is 17.0 Å². The summed E-state index contributed by atoms with van der Waals surface area (Å²) in [6.45, 7) is 6.21. The molecule has 2 aromatic heterocycles. The van der Waals surface area contributed by atoms with Crippen LogP contribution < -0.4 is 5.32 Å². The van der Waals surface area contributed by atoms with Gasteiger partial charge in [0.25, 0.3) is 0 Å². The van der Waals surface area contributed by atoms with Gasteiger partial charge >= 0.3 is 0 Å². The summed E-state index contributed by atoms with van der Waals surface area (Å²) in [5.41, 5.74) is 2.68. The molecule has 2 heterocycles. The summed E-state index contributed by atoms with van der Waals surface area (Å²) < 4.78 is 3.49. The van der Waals surface area contributed by atoms with E-state index in [4.69, 9.17) is 0 Å². The zero-order valence-corrected chi connectivity index (χ0v) is 14.7. The van der Waals surface area contributed by atoms with Crippen LogP contribution in [0.4, 0.5) is 0 Å². The van der Waals surface area contributed by atoms with E-state index in [-0.39, 0.29) is 0 Å². The van der Waals surface area contributed by atoms with Crippen molar-refractivity contribution < 1.29 is 0 Å². The van der Waals surface area contributed by atoms with E-state index in [2.05, 4.69) is 81.6 Å². The summed E-state index contributed by atoms with van der Waals surface area (Å²) in [6.07, 6.45) is 2.19. The van der Waals surface area contributed by atoms with E-state index in [1.807, 2.05) is 0 Å². The quantitative estimate of drug-likeness (QED) is 0.674. The third-order valence-corrected chi connectivity index (χ3v) is 5.24. The molecule has 3 rings (SSSR count). The minimum Gasteiger partial charge on any atom is -0.342 e. The number of rotatable bonds is 5. The first-order valence-corrected chi connectivity index (χ1v) is 8.84. The Labute approximate surface area is 137 Å². The summed E-state index contributed by atoms with van der Waals surface area (Å²) in [6, 6.07) is 11.5. The Bertz CT molecular complexity index is 742. The number of thiophene rings is 1. The molecular weight excluding hydrogens is 344 g/mol. The van der Waals surface area contributed by atoms with E-state index in [0.717, 1.165) is 13.1 Å². The van der Waals surface area contributed by atoms with Crippen LogP contribution in [0.15, 0.2) is 46.4 Å². The molecule has 3 aromatic rings. The summed E-state index contributed by atoms with van der Waals surface area (Å²) in [4.78, 5) is 1.37. The molecule has 0 saturated carbocycles. The first kappa shape index (κ1) is 14.8. The van der Waals surface area contributed by atoms with Crippen molar-refractivity contribution >= 4 is 38.2 Å². The molecule has 0 unspecified atom stereocenters. The summed E-state index contributed by atoms with van der Waals surface area (Å²) in [7, 11) is 0. The van der Waals surface area contributed by atoms with Gasteiger partial charge in [0.15, 0.2) is 0 Å². The second-order valence-corrected chi connectivity index (χ2v) is 7.47. The number of hydrogen-bond donors (Lipinski definition) is 1. The van der Waals surface area contributed by atoms with Crippen LogP contribution in [0.25, 0.3) is 10.9 Å². The smallest absolute Gasteiger partial charge is 0.0569 e. The first-order valence-electron chi connectivity index (χ1n) is 7.16. The van der Waals surface area contributed by atoms with Crippen LogP contribution in [-0.4, -0.2) is 10.6 Å². The molecule has 0 spiro atoms. The van der Waals surface area contributed by atoms with Gasteiger partial charge in [-0.3, -0.25) is 0 Å². The monoisotopic (exact) mass is 362 g/mol. The number of aromatic nitrogens is 1. The van der Waals surface area contributed by atoms with Crippen LogP contribution in [0, 0.1) is 0 Å². The van der Waals surface area contributed by atoms with Gasteiger partial charge in [-0.05, 0) is 39.7 Å². The number of nitrogens with one attached hydrogen (secondary N) is 1. The maximum atomic E-state index is 3.52. The maximum Gasteiger partial charge on any atom is 0.0569 e. The Morgan fingerprint density at radius 2 is 2.14 bits per heavy atom. The van der Waals surface area contributed by atoms with Crippen LogP contribution in [0.3, 0.4) is 0 Å². The molecule has 0 aliphatic heterocycles. The van der Waals surface area contributed by atoms with E-state index in [0.29, 0.717) is 6.04 Å². The summed E-state index contributed by atoms with van der Waals surface area (Å²) >= 11 is 5.32. The molecule has 0 saturated heterocycles. The molecule has 0 radical (unpaired) electrons. The van der Waals surface area contributed by atoms with Gasteiger partial charge in [-0.2, -0.15) is 0 Å². The lowest BCUT2D eigenvalue weighted by Crippen LogP contribution is -2.21. The molecule has 21 heavy (non-hydrogen) atoms. The number of fused-ring (bicyclic) bond motifs is 1. The van der Waals surface area contributed by atoms with Gasteiger partial charge in [-0.15, -0.1) is 11.3 Å². The number of halogens is 1. The molecule has 1 N–H and O–H groups in total. The second kappa shape index (κ2) is 6.34. The standard InChI is InChI=1S/C17H19BrN2S/c1-12(2)19-9-13-4-3-5-17-16(13)6-7-20(17)10-15-8-14(18)11-21-15/h3-8,11-12,19H,9-10H2,1-2H3. The van der Waals surface area contributed by atoms with Crippen LogP contribution in [0.2, 0.25) is 0 Å². The number of nitrogens with zero attached hydrogens (tertiary/aromatic N) is 1. The Morgan fingerprint density at radius 3 is 2.86 bits per heavy atom. The fourth-order valence-electron chi connectivity index (χ4n) is 2.50. The Balaban J connectivity index is 1.89. The largest absolute Gasteiger partial charge is 0.342 e. The van der Waals surface area contributed by atoms with Crippen molar-refractivity contribution in [3.63, 3.8) is 0 Å². The summed E-state index contributed by atoms with van der Waals surface area (Å²) in [5.74, 6) is 0. The van der Waals surface area contributed by atoms with E-state index >= 15 is 0 Å². The van der Waals surface area contributed by atoms with Gasteiger partial charge in [0, 0.05) is 44.4 Å². The third kappa shape index (κ3) is 3.39. The number of hydrogen-bond acceptors (Lipinski definition) is 2. The number of benzene rings is 1. The Kier molecular flexibility index (Phi) is 4.48. The van der Waals surface area contributed by atoms with Crippen LogP contribution in [-0.2, 0) is 13.1 Å². The van der Waals surface area contributed by atoms with Gasteiger partial charge in [0.05, 0.1) is 6.54 Å². The predicted octanol–water partition coefficient (Wildman–Crippen LogP) is 5.01. The van der Waals surface area contributed by atoms with Crippen molar-refractivity contribution in [2.75, 3.05) is 0 Å². The third-order valence-electron chi connectivity index (χ3n) is 3.55. The van der Waals surface area contributed by atoms with Gasteiger partial charge in [0.2, 0.25) is 0 Å². The summed E-state index contributed by atoms with van der Waals surface area (Å²) in [5, 5.41) is 6.99. The lowest BCUT2D eigenvalue weighted by molar-refractivity contribution is 0.590. The van der Waals surface area contributed by atoms with Crippen LogP contribution >= 0.6 is 27.3 Å². The molecule has 0 amide bonds. The lowest BCUT2D eigenvalue weighted by Gasteiger charge is -2.10. The van der Waals surface area contributed by atoms with Gasteiger partial charge in [-0.1, -0.05) is 26.0 Å². The molecule has 0 fully saturated rings. The van der Waals surface area contributed by atoms with E-state index in [9.17, 15) is 0 Å². The molecule has 0 aliphatic carbocycles. The van der Waals surface area contributed by atoms with Gasteiger partial charge in [-0.25, -0.2) is 0 Å². The first-order chi connectivity index (χ1) is 10.1. The van der Waals surface area contributed by atoms with Crippen molar-refractivity contribution in [3.05, 3.63) is 56.8 Å². The van der Waals surface area contributed by atoms with E-state index in [1.54, 1.807) is 11.3 Å². The highest BCUT2D eigenvalue weighted by Crippen LogP contribution is 2.25. The van der Waals surface area contributed by atoms with Gasteiger partial charge in [0.1, 0.15) is 0 Å². The maximum absolute atomic E-state index is 3.52.